The van der Waals surface area contributed by atoms with E-state index in [9.17, 15) is 9.59 Å². The lowest BCUT2D eigenvalue weighted by Gasteiger charge is -2.15. The molecule has 0 fully saturated rings. The molecular weight excluding hydrogens is 336 g/mol. The summed E-state index contributed by atoms with van der Waals surface area (Å²) in [7, 11) is 0. The summed E-state index contributed by atoms with van der Waals surface area (Å²) >= 11 is 0. The number of aromatic nitrogens is 3. The normalized spacial score (nSPS) is 12.0. The summed E-state index contributed by atoms with van der Waals surface area (Å²) in [6.07, 6.45) is 2.22. The number of aromatic carboxylic acids is 1. The van der Waals surface area contributed by atoms with Crippen molar-refractivity contribution in [1.82, 2.24) is 20.3 Å². The molecule has 1 amide bonds. The van der Waals surface area contributed by atoms with Crippen molar-refractivity contribution < 1.29 is 19.4 Å². The minimum absolute atomic E-state index is 0.0962. The molecule has 0 spiro atoms. The summed E-state index contributed by atoms with van der Waals surface area (Å²) in [5, 5.41) is 18.7. The van der Waals surface area contributed by atoms with Gasteiger partial charge in [-0.05, 0) is 37.0 Å². The van der Waals surface area contributed by atoms with Crippen LogP contribution in [0, 0.1) is 5.92 Å². The summed E-state index contributed by atoms with van der Waals surface area (Å²) in [5.41, 5.74) is 0.748. The largest absolute Gasteiger partial charge is 0.494 e. The van der Waals surface area contributed by atoms with Crippen molar-refractivity contribution >= 4 is 11.9 Å². The lowest BCUT2D eigenvalue weighted by molar-refractivity contribution is -0.122. The van der Waals surface area contributed by atoms with Crippen LogP contribution >= 0.6 is 0 Å². The van der Waals surface area contributed by atoms with Gasteiger partial charge in [-0.1, -0.05) is 31.2 Å². The molecule has 0 radical (unpaired) electrons. The maximum atomic E-state index is 12.1. The molecule has 2 aromatic rings. The van der Waals surface area contributed by atoms with E-state index < -0.39 is 5.97 Å². The Bertz CT molecular complexity index is 740. The number of nitrogens with zero attached hydrogens (tertiary/aromatic N) is 3. The highest BCUT2D eigenvalue weighted by molar-refractivity contribution is 5.84. The van der Waals surface area contributed by atoms with Crippen LogP contribution in [0.1, 0.15) is 49.3 Å². The molecule has 2 N–H and O–H groups in total. The molecule has 0 saturated carbocycles. The van der Waals surface area contributed by atoms with Crippen molar-refractivity contribution in [3.8, 4) is 5.75 Å². The quantitative estimate of drug-likeness (QED) is 0.710. The van der Waals surface area contributed by atoms with Crippen LogP contribution in [0.3, 0.4) is 0 Å². The number of nitrogens with one attached hydrogen (secondary N) is 1. The minimum Gasteiger partial charge on any atom is -0.494 e. The number of ether oxygens (including phenoxy) is 1. The van der Waals surface area contributed by atoms with Crippen LogP contribution in [0.5, 0.6) is 5.75 Å². The van der Waals surface area contributed by atoms with Crippen molar-refractivity contribution in [3.63, 3.8) is 0 Å². The summed E-state index contributed by atoms with van der Waals surface area (Å²) in [6.45, 7) is 6.76. The Morgan fingerprint density at radius 1 is 1.23 bits per heavy atom. The van der Waals surface area contributed by atoms with Crippen LogP contribution in [-0.4, -0.2) is 38.6 Å². The first kappa shape index (κ1) is 19.4. The van der Waals surface area contributed by atoms with E-state index in [-0.39, 0.29) is 24.2 Å². The molecule has 1 heterocycles. The zero-order chi connectivity index (χ0) is 19.1. The zero-order valence-electron chi connectivity index (χ0n) is 15.2. The number of hydrogen-bond acceptors (Lipinski definition) is 5. The van der Waals surface area contributed by atoms with Gasteiger partial charge < -0.3 is 15.2 Å². The Kier molecular flexibility index (Phi) is 6.71. The molecule has 2 rings (SSSR count). The van der Waals surface area contributed by atoms with E-state index in [1.54, 1.807) is 0 Å². The van der Waals surface area contributed by atoms with Crippen LogP contribution in [0.15, 0.2) is 30.5 Å². The van der Waals surface area contributed by atoms with Gasteiger partial charge in [0, 0.05) is 0 Å². The summed E-state index contributed by atoms with van der Waals surface area (Å²) in [5.74, 6) is -0.0601. The standard InChI is InChI=1S/C18H24N4O4/c1-12(2)8-9-26-15-6-4-14(5-7-15)13(3)19-17(23)11-22-10-16(18(24)25)20-21-22/h4-7,10,12-13H,8-9,11H2,1-3H3,(H,19,23)(H,24,25). The maximum Gasteiger partial charge on any atom is 0.358 e. The molecule has 0 bridgehead atoms. The van der Waals surface area contributed by atoms with Crippen molar-refractivity contribution in [2.75, 3.05) is 6.61 Å². The lowest BCUT2D eigenvalue weighted by atomic mass is 10.1. The van der Waals surface area contributed by atoms with Gasteiger partial charge in [-0.15, -0.1) is 5.10 Å². The second-order valence-corrected chi connectivity index (χ2v) is 6.50. The van der Waals surface area contributed by atoms with Crippen LogP contribution in [0.4, 0.5) is 0 Å². The van der Waals surface area contributed by atoms with Crippen LogP contribution in [-0.2, 0) is 11.3 Å². The van der Waals surface area contributed by atoms with E-state index in [0.717, 1.165) is 17.7 Å². The molecule has 8 nitrogen and oxygen atoms in total. The Hall–Kier alpha value is -2.90. The molecule has 140 valence electrons. The molecule has 0 aliphatic heterocycles. The second kappa shape index (κ2) is 8.98. The Morgan fingerprint density at radius 2 is 1.92 bits per heavy atom. The van der Waals surface area contributed by atoms with E-state index in [1.807, 2.05) is 31.2 Å². The third-order valence-electron chi connectivity index (χ3n) is 3.78. The zero-order valence-corrected chi connectivity index (χ0v) is 15.2. The number of hydrogen-bond donors (Lipinski definition) is 2. The molecule has 0 aliphatic rings. The third kappa shape index (κ3) is 5.87. The monoisotopic (exact) mass is 360 g/mol. The number of benzene rings is 1. The number of carbonyl (C=O) groups is 2. The van der Waals surface area contributed by atoms with Crippen LogP contribution in [0.2, 0.25) is 0 Å². The molecule has 1 aromatic carbocycles. The Balaban J connectivity index is 1.84. The topological polar surface area (TPSA) is 106 Å². The van der Waals surface area contributed by atoms with Gasteiger partial charge in [-0.3, -0.25) is 4.79 Å². The smallest absolute Gasteiger partial charge is 0.358 e. The SMILES string of the molecule is CC(C)CCOc1ccc(C(C)NC(=O)Cn2cc(C(=O)O)nn2)cc1. The predicted molar refractivity (Wildman–Crippen MR) is 94.9 cm³/mol. The first-order chi connectivity index (χ1) is 12.3. The van der Waals surface area contributed by atoms with Gasteiger partial charge in [0.1, 0.15) is 12.3 Å². The number of carbonyl (C=O) groups excluding carboxylic acids is 1. The van der Waals surface area contributed by atoms with Crippen molar-refractivity contribution in [1.29, 1.82) is 0 Å². The average Bonchev–Trinajstić information content (AvgIpc) is 3.03. The van der Waals surface area contributed by atoms with Crippen LogP contribution < -0.4 is 10.1 Å². The Labute approximate surface area is 152 Å². The van der Waals surface area contributed by atoms with E-state index in [1.165, 1.54) is 10.9 Å². The fourth-order valence-corrected chi connectivity index (χ4v) is 2.26. The maximum absolute atomic E-state index is 12.1. The van der Waals surface area contributed by atoms with Crippen LogP contribution in [0.25, 0.3) is 0 Å². The first-order valence-corrected chi connectivity index (χ1v) is 8.50. The number of carboxylic acids is 1. The molecule has 0 aliphatic carbocycles. The highest BCUT2D eigenvalue weighted by atomic mass is 16.5. The predicted octanol–water partition coefficient (Wildman–Crippen LogP) is 2.28. The molecule has 8 heteroatoms. The van der Waals surface area contributed by atoms with Crippen molar-refractivity contribution in [3.05, 3.63) is 41.7 Å². The average molecular weight is 360 g/mol. The highest BCUT2D eigenvalue weighted by Crippen LogP contribution is 2.18. The number of rotatable bonds is 9. The van der Waals surface area contributed by atoms with Gasteiger partial charge in [0.2, 0.25) is 5.91 Å². The van der Waals surface area contributed by atoms with Gasteiger partial charge in [0.05, 0.1) is 18.8 Å². The van der Waals surface area contributed by atoms with E-state index >= 15 is 0 Å². The number of amides is 1. The lowest BCUT2D eigenvalue weighted by Crippen LogP contribution is -2.30. The minimum atomic E-state index is -1.18. The Morgan fingerprint density at radius 3 is 2.50 bits per heavy atom. The van der Waals surface area contributed by atoms with E-state index in [4.69, 9.17) is 9.84 Å². The fourth-order valence-electron chi connectivity index (χ4n) is 2.26. The van der Waals surface area contributed by atoms with Crippen molar-refractivity contribution in [2.45, 2.75) is 39.8 Å². The van der Waals surface area contributed by atoms with Gasteiger partial charge in [-0.25, -0.2) is 9.48 Å². The number of carboxylic acid groups (broad SMARTS) is 1. The van der Waals surface area contributed by atoms with Gasteiger partial charge in [-0.2, -0.15) is 0 Å². The van der Waals surface area contributed by atoms with E-state index in [0.29, 0.717) is 12.5 Å². The molecule has 1 unspecified atom stereocenters. The summed E-state index contributed by atoms with van der Waals surface area (Å²) < 4.78 is 6.87. The second-order valence-electron chi connectivity index (χ2n) is 6.50. The molecule has 26 heavy (non-hydrogen) atoms. The van der Waals surface area contributed by atoms with E-state index in [2.05, 4.69) is 29.5 Å². The van der Waals surface area contributed by atoms with Gasteiger partial charge >= 0.3 is 5.97 Å². The van der Waals surface area contributed by atoms with Gasteiger partial charge in [0.15, 0.2) is 5.69 Å². The molecular formula is C18H24N4O4. The highest BCUT2D eigenvalue weighted by Gasteiger charge is 2.13. The molecule has 0 saturated heterocycles. The fraction of sp³-hybridized carbons (Fsp3) is 0.444. The molecule has 1 atom stereocenters. The summed E-state index contributed by atoms with van der Waals surface area (Å²) in [6, 6.07) is 7.39. The van der Waals surface area contributed by atoms with Gasteiger partial charge in [0.25, 0.3) is 0 Å². The van der Waals surface area contributed by atoms with Crippen molar-refractivity contribution in [2.24, 2.45) is 5.92 Å². The first-order valence-electron chi connectivity index (χ1n) is 8.50. The third-order valence-corrected chi connectivity index (χ3v) is 3.78. The summed E-state index contributed by atoms with van der Waals surface area (Å²) in [4.78, 5) is 22.8. The molecule has 1 aromatic heterocycles.